The van der Waals surface area contributed by atoms with Crippen LogP contribution < -0.4 is 5.32 Å². The van der Waals surface area contributed by atoms with Gasteiger partial charge in [-0.25, -0.2) is 0 Å². The molecule has 116 valence electrons. The van der Waals surface area contributed by atoms with Crippen LogP contribution >= 0.6 is 11.8 Å². The Balaban J connectivity index is 2.91. The molecule has 0 aromatic carbocycles. The molecule has 1 rings (SSSR count). The monoisotopic (exact) mass is 300 g/mol. The number of nitrogens with one attached hydrogen (secondary N) is 1. The molecule has 0 aromatic heterocycles. The van der Waals surface area contributed by atoms with Crippen LogP contribution in [0.5, 0.6) is 0 Å². The van der Waals surface area contributed by atoms with Crippen LogP contribution in [0.3, 0.4) is 0 Å². The van der Waals surface area contributed by atoms with Crippen molar-refractivity contribution in [2.75, 3.05) is 18.6 Å². The molecule has 1 heterocycles. The Hall–Kier alpha value is -0.710. The summed E-state index contributed by atoms with van der Waals surface area (Å²) in [5.41, 5.74) is -0.240. The van der Waals surface area contributed by atoms with Crippen molar-refractivity contribution in [2.45, 2.75) is 59.0 Å². The highest BCUT2D eigenvalue weighted by molar-refractivity contribution is 7.98. The minimum absolute atomic E-state index is 0.000276. The zero-order valence-electron chi connectivity index (χ0n) is 13.4. The highest BCUT2D eigenvalue weighted by Gasteiger charge is 2.45. The van der Waals surface area contributed by atoms with Crippen molar-refractivity contribution in [3.63, 3.8) is 0 Å². The van der Waals surface area contributed by atoms with Crippen molar-refractivity contribution < 1.29 is 9.59 Å². The van der Waals surface area contributed by atoms with Crippen LogP contribution in [0.1, 0.15) is 47.0 Å². The summed E-state index contributed by atoms with van der Waals surface area (Å²) in [5, 5.41) is 2.91. The first-order valence-corrected chi connectivity index (χ1v) is 8.82. The van der Waals surface area contributed by atoms with Crippen LogP contribution in [0, 0.1) is 5.41 Å². The fourth-order valence-electron chi connectivity index (χ4n) is 2.74. The molecule has 4 nitrogen and oxygen atoms in total. The predicted molar refractivity (Wildman–Crippen MR) is 84.8 cm³/mol. The lowest BCUT2D eigenvalue weighted by atomic mass is 9.82. The smallest absolute Gasteiger partial charge is 0.245 e. The summed E-state index contributed by atoms with van der Waals surface area (Å²) in [5.74, 6) is 1.10. The minimum Gasteiger partial charge on any atom is -0.342 e. The average molecular weight is 300 g/mol. The number of nitrogens with zero attached hydrogens (tertiary/aromatic N) is 1. The molecule has 1 aliphatic heterocycles. The van der Waals surface area contributed by atoms with Crippen molar-refractivity contribution in [2.24, 2.45) is 5.41 Å². The number of rotatable bonds is 6. The van der Waals surface area contributed by atoms with E-state index in [1.54, 1.807) is 11.8 Å². The third-order valence-electron chi connectivity index (χ3n) is 3.60. The van der Waals surface area contributed by atoms with Crippen molar-refractivity contribution in [3.05, 3.63) is 0 Å². The standard InChI is InChI=1S/C15H28N2O2S/c1-6-8-11-14(19)17(9-7-10-20-5)12(13(18)16-11)15(2,3)4/h11-12H,6-10H2,1-5H3,(H,16,18). The highest BCUT2D eigenvalue weighted by atomic mass is 32.2. The van der Waals surface area contributed by atoms with Crippen molar-refractivity contribution >= 4 is 23.6 Å². The van der Waals surface area contributed by atoms with Gasteiger partial charge in [-0.2, -0.15) is 11.8 Å². The summed E-state index contributed by atoms with van der Waals surface area (Å²) >= 11 is 1.77. The Morgan fingerprint density at radius 2 is 1.95 bits per heavy atom. The molecule has 2 atom stereocenters. The summed E-state index contributed by atoms with van der Waals surface area (Å²) in [6.07, 6.45) is 4.62. The number of piperazine rings is 1. The lowest BCUT2D eigenvalue weighted by Gasteiger charge is -2.44. The molecule has 5 heteroatoms. The van der Waals surface area contributed by atoms with E-state index in [1.807, 2.05) is 32.6 Å². The molecular formula is C15H28N2O2S. The van der Waals surface area contributed by atoms with Gasteiger partial charge in [-0.15, -0.1) is 0 Å². The molecule has 1 N–H and O–H groups in total. The van der Waals surface area contributed by atoms with E-state index < -0.39 is 0 Å². The van der Waals surface area contributed by atoms with Crippen molar-refractivity contribution in [1.82, 2.24) is 10.2 Å². The lowest BCUT2D eigenvalue weighted by Crippen LogP contribution is -2.66. The van der Waals surface area contributed by atoms with Crippen molar-refractivity contribution in [1.29, 1.82) is 0 Å². The zero-order valence-corrected chi connectivity index (χ0v) is 14.2. The van der Waals surface area contributed by atoms with E-state index in [2.05, 4.69) is 11.6 Å². The molecular weight excluding hydrogens is 272 g/mol. The quantitative estimate of drug-likeness (QED) is 0.766. The maximum absolute atomic E-state index is 12.6. The highest BCUT2D eigenvalue weighted by Crippen LogP contribution is 2.28. The van der Waals surface area contributed by atoms with Gasteiger partial charge in [0.2, 0.25) is 11.8 Å². The molecule has 0 aliphatic carbocycles. The van der Waals surface area contributed by atoms with E-state index in [4.69, 9.17) is 0 Å². The van der Waals surface area contributed by atoms with E-state index in [0.717, 1.165) is 25.0 Å². The lowest BCUT2D eigenvalue weighted by molar-refractivity contribution is -0.154. The van der Waals surface area contributed by atoms with Gasteiger partial charge in [0.1, 0.15) is 12.1 Å². The second-order valence-corrected chi connectivity index (χ2v) is 7.48. The number of carbonyl (C=O) groups excluding carboxylic acids is 2. The molecule has 0 aromatic rings. The van der Waals surface area contributed by atoms with E-state index >= 15 is 0 Å². The Morgan fingerprint density at radius 1 is 1.30 bits per heavy atom. The minimum atomic E-state index is -0.357. The number of amides is 2. The fraction of sp³-hybridized carbons (Fsp3) is 0.867. The summed E-state index contributed by atoms with van der Waals surface area (Å²) < 4.78 is 0. The molecule has 0 spiro atoms. The number of thioether (sulfide) groups is 1. The largest absolute Gasteiger partial charge is 0.342 e. The van der Waals surface area contributed by atoms with Gasteiger partial charge in [0.15, 0.2) is 0 Å². The molecule has 0 saturated carbocycles. The zero-order chi connectivity index (χ0) is 15.3. The van der Waals surface area contributed by atoms with Crippen LogP contribution in [0.25, 0.3) is 0 Å². The molecule has 0 bridgehead atoms. The van der Waals surface area contributed by atoms with E-state index in [0.29, 0.717) is 6.54 Å². The SMILES string of the molecule is CCCC1NC(=O)C(C(C)(C)C)N(CCCSC)C1=O. The van der Waals surface area contributed by atoms with Crippen LogP contribution in [0.2, 0.25) is 0 Å². The third kappa shape index (κ3) is 4.14. The molecule has 1 aliphatic rings. The topological polar surface area (TPSA) is 49.4 Å². The number of carbonyl (C=O) groups is 2. The summed E-state index contributed by atoms with van der Waals surface area (Å²) in [7, 11) is 0. The van der Waals surface area contributed by atoms with Gasteiger partial charge >= 0.3 is 0 Å². The Bertz CT molecular complexity index is 352. The van der Waals surface area contributed by atoms with Gasteiger partial charge in [-0.05, 0) is 30.3 Å². The first kappa shape index (κ1) is 17.3. The second-order valence-electron chi connectivity index (χ2n) is 6.50. The van der Waals surface area contributed by atoms with E-state index in [9.17, 15) is 9.59 Å². The van der Waals surface area contributed by atoms with Gasteiger partial charge in [-0.3, -0.25) is 9.59 Å². The normalized spacial score (nSPS) is 23.9. The van der Waals surface area contributed by atoms with Crippen LogP contribution in [0.4, 0.5) is 0 Å². The van der Waals surface area contributed by atoms with Gasteiger partial charge in [-0.1, -0.05) is 34.1 Å². The Morgan fingerprint density at radius 3 is 2.45 bits per heavy atom. The van der Waals surface area contributed by atoms with E-state index in [-0.39, 0.29) is 29.3 Å². The number of hydrogen-bond acceptors (Lipinski definition) is 3. The molecule has 1 saturated heterocycles. The van der Waals surface area contributed by atoms with Gasteiger partial charge in [0, 0.05) is 6.54 Å². The molecule has 0 radical (unpaired) electrons. The first-order valence-electron chi connectivity index (χ1n) is 7.42. The summed E-state index contributed by atoms with van der Waals surface area (Å²) in [6, 6.07) is -0.689. The molecule has 1 fully saturated rings. The second kappa shape index (κ2) is 7.34. The molecule has 20 heavy (non-hydrogen) atoms. The maximum atomic E-state index is 12.6. The van der Waals surface area contributed by atoms with Gasteiger partial charge < -0.3 is 10.2 Å². The fourth-order valence-corrected chi connectivity index (χ4v) is 3.16. The molecule has 2 unspecified atom stereocenters. The van der Waals surface area contributed by atoms with Gasteiger partial charge in [0.25, 0.3) is 0 Å². The number of hydrogen-bond donors (Lipinski definition) is 1. The third-order valence-corrected chi connectivity index (χ3v) is 4.30. The predicted octanol–water partition coefficient (Wildman–Crippen LogP) is 2.28. The van der Waals surface area contributed by atoms with E-state index in [1.165, 1.54) is 0 Å². The molecule has 2 amide bonds. The van der Waals surface area contributed by atoms with Crippen LogP contribution in [-0.2, 0) is 9.59 Å². The summed E-state index contributed by atoms with van der Waals surface area (Å²) in [4.78, 5) is 26.8. The summed E-state index contributed by atoms with van der Waals surface area (Å²) in [6.45, 7) is 8.77. The van der Waals surface area contributed by atoms with Crippen LogP contribution in [-0.4, -0.2) is 47.4 Å². The average Bonchev–Trinajstić information content (AvgIpc) is 2.33. The van der Waals surface area contributed by atoms with Crippen LogP contribution in [0.15, 0.2) is 0 Å². The Labute approximate surface area is 127 Å². The maximum Gasteiger partial charge on any atom is 0.245 e. The first-order chi connectivity index (χ1) is 9.32. The van der Waals surface area contributed by atoms with Gasteiger partial charge in [0.05, 0.1) is 0 Å². The Kier molecular flexibility index (Phi) is 6.37. The van der Waals surface area contributed by atoms with Crippen molar-refractivity contribution in [3.8, 4) is 0 Å².